The van der Waals surface area contributed by atoms with E-state index in [0.29, 0.717) is 25.7 Å². The van der Waals surface area contributed by atoms with E-state index in [0.717, 1.165) is 49.8 Å². The maximum Gasteiger partial charge on any atom is 0.156 e. The van der Waals surface area contributed by atoms with Crippen molar-refractivity contribution in [3.63, 3.8) is 0 Å². The summed E-state index contributed by atoms with van der Waals surface area (Å²) in [5.41, 5.74) is 3.53. The van der Waals surface area contributed by atoms with Gasteiger partial charge in [-0.15, -0.1) is 0 Å². The van der Waals surface area contributed by atoms with E-state index in [1.165, 1.54) is 11.3 Å². The van der Waals surface area contributed by atoms with Crippen LogP contribution in [0.4, 0.5) is 5.82 Å². The van der Waals surface area contributed by atoms with Gasteiger partial charge < -0.3 is 19.9 Å². The molecule has 0 radical (unpaired) electrons. The number of nitrogens with zero attached hydrogens (tertiary/aromatic N) is 4. The lowest BCUT2D eigenvalue weighted by atomic mass is 10.1. The number of hydrogen-bond acceptors (Lipinski definition) is 6. The first-order valence-corrected chi connectivity index (χ1v) is 9.57. The van der Waals surface area contributed by atoms with Crippen LogP contribution in [0.25, 0.3) is 0 Å². The zero-order chi connectivity index (χ0) is 18.4. The van der Waals surface area contributed by atoms with Crippen molar-refractivity contribution in [3.8, 4) is 0 Å². The molecule has 26 heavy (non-hydrogen) atoms. The minimum atomic E-state index is 0.456. The number of rotatable bonds is 8. The van der Waals surface area contributed by atoms with Gasteiger partial charge in [0.2, 0.25) is 0 Å². The predicted molar refractivity (Wildman–Crippen MR) is 102 cm³/mol. The van der Waals surface area contributed by atoms with Gasteiger partial charge in [-0.3, -0.25) is 0 Å². The Labute approximate surface area is 155 Å². The van der Waals surface area contributed by atoms with E-state index in [2.05, 4.69) is 34.0 Å². The molecule has 0 saturated heterocycles. The Kier molecular flexibility index (Phi) is 6.57. The smallest absolute Gasteiger partial charge is 0.156 e. The second-order valence-electron chi connectivity index (χ2n) is 7.09. The van der Waals surface area contributed by atoms with E-state index >= 15 is 0 Å². The summed E-state index contributed by atoms with van der Waals surface area (Å²) in [6.07, 6.45) is 5.70. The highest BCUT2D eigenvalue weighted by Gasteiger charge is 2.17. The molecule has 0 bridgehead atoms. The van der Waals surface area contributed by atoms with Crippen LogP contribution in [0.5, 0.6) is 0 Å². The van der Waals surface area contributed by atoms with Crippen molar-refractivity contribution in [1.29, 1.82) is 0 Å². The predicted octanol–water partition coefficient (Wildman–Crippen LogP) is 2.17. The normalized spacial score (nSPS) is 14.3. The molecular weight excluding hydrogens is 328 g/mol. The highest BCUT2D eigenvalue weighted by molar-refractivity contribution is 5.48. The molecule has 0 unspecified atom stereocenters. The Balaban J connectivity index is 1.80. The van der Waals surface area contributed by atoms with Crippen molar-refractivity contribution in [1.82, 2.24) is 24.8 Å². The zero-order valence-corrected chi connectivity index (χ0v) is 16.1. The molecule has 2 N–H and O–H groups in total. The van der Waals surface area contributed by atoms with Crippen molar-refractivity contribution in [2.24, 2.45) is 5.92 Å². The monoisotopic (exact) mass is 358 g/mol. The van der Waals surface area contributed by atoms with Crippen molar-refractivity contribution in [3.05, 3.63) is 35.3 Å². The number of aromatic nitrogens is 4. The first-order valence-electron chi connectivity index (χ1n) is 9.57. The molecule has 2 aromatic rings. The largest absolute Gasteiger partial charge is 0.374 e. The first-order chi connectivity index (χ1) is 12.7. The number of anilines is 1. The van der Waals surface area contributed by atoms with Gasteiger partial charge in [-0.2, -0.15) is 0 Å². The minimum Gasteiger partial charge on any atom is -0.374 e. The fourth-order valence-electron chi connectivity index (χ4n) is 3.23. The average Bonchev–Trinajstić information content (AvgIpc) is 2.90. The van der Waals surface area contributed by atoms with Gasteiger partial charge >= 0.3 is 0 Å². The van der Waals surface area contributed by atoms with Gasteiger partial charge in [-0.25, -0.2) is 15.0 Å². The van der Waals surface area contributed by atoms with Gasteiger partial charge in [0.05, 0.1) is 24.3 Å². The number of hydrogen-bond donors (Lipinski definition) is 2. The highest BCUT2D eigenvalue weighted by Crippen LogP contribution is 2.21. The van der Waals surface area contributed by atoms with Crippen LogP contribution >= 0.6 is 0 Å². The molecule has 0 amide bonds. The SMILES string of the molecule is CCOCc1nc2c(c(NCc3cncn3CC(C)C)n1)CCNCC2. The molecule has 7 nitrogen and oxygen atoms in total. The van der Waals surface area contributed by atoms with E-state index in [1.54, 1.807) is 0 Å². The van der Waals surface area contributed by atoms with Gasteiger partial charge in [-0.05, 0) is 25.8 Å². The molecular formula is C19H30N6O. The Morgan fingerprint density at radius 1 is 1.27 bits per heavy atom. The van der Waals surface area contributed by atoms with Gasteiger partial charge in [-0.1, -0.05) is 13.8 Å². The lowest BCUT2D eigenvalue weighted by molar-refractivity contribution is 0.128. The molecule has 3 rings (SSSR count). The number of nitrogens with one attached hydrogen (secondary N) is 2. The summed E-state index contributed by atoms with van der Waals surface area (Å²) in [5.74, 6) is 2.28. The molecule has 0 saturated carbocycles. The van der Waals surface area contributed by atoms with E-state index in [-0.39, 0.29) is 0 Å². The second kappa shape index (κ2) is 9.09. The molecule has 0 fully saturated rings. The molecule has 0 aliphatic carbocycles. The van der Waals surface area contributed by atoms with Gasteiger partial charge in [0.1, 0.15) is 12.4 Å². The lowest BCUT2D eigenvalue weighted by Gasteiger charge is -2.16. The summed E-state index contributed by atoms with van der Waals surface area (Å²) in [5, 5.41) is 6.98. The Morgan fingerprint density at radius 3 is 2.92 bits per heavy atom. The maximum atomic E-state index is 5.53. The second-order valence-corrected chi connectivity index (χ2v) is 7.09. The Hall–Kier alpha value is -1.99. The zero-order valence-electron chi connectivity index (χ0n) is 16.1. The van der Waals surface area contributed by atoms with Crippen molar-refractivity contribution in [2.45, 2.75) is 53.3 Å². The molecule has 2 aromatic heterocycles. The van der Waals surface area contributed by atoms with E-state index in [1.807, 2.05) is 19.4 Å². The third-order valence-corrected chi connectivity index (χ3v) is 4.46. The van der Waals surface area contributed by atoms with Crippen LogP contribution in [0.3, 0.4) is 0 Å². The van der Waals surface area contributed by atoms with Crippen LogP contribution in [-0.2, 0) is 37.3 Å². The van der Waals surface area contributed by atoms with Gasteiger partial charge in [0, 0.05) is 37.9 Å². The van der Waals surface area contributed by atoms with E-state index in [4.69, 9.17) is 14.7 Å². The number of ether oxygens (including phenoxy) is 1. The van der Waals surface area contributed by atoms with Crippen LogP contribution < -0.4 is 10.6 Å². The summed E-state index contributed by atoms with van der Waals surface area (Å²) < 4.78 is 7.74. The molecule has 1 aliphatic heterocycles. The summed E-state index contributed by atoms with van der Waals surface area (Å²) in [7, 11) is 0. The number of imidazole rings is 1. The minimum absolute atomic E-state index is 0.456. The van der Waals surface area contributed by atoms with E-state index < -0.39 is 0 Å². The quantitative estimate of drug-likeness (QED) is 0.753. The van der Waals surface area contributed by atoms with Gasteiger partial charge in [0.25, 0.3) is 0 Å². The molecule has 1 aliphatic rings. The number of fused-ring (bicyclic) bond motifs is 1. The molecule has 7 heteroatoms. The maximum absolute atomic E-state index is 5.53. The molecule has 3 heterocycles. The molecule has 142 valence electrons. The summed E-state index contributed by atoms with van der Waals surface area (Å²) in [4.78, 5) is 13.8. The third kappa shape index (κ3) is 4.80. The summed E-state index contributed by atoms with van der Waals surface area (Å²) in [6.45, 7) is 11.1. The summed E-state index contributed by atoms with van der Waals surface area (Å²) >= 11 is 0. The van der Waals surface area contributed by atoms with E-state index in [9.17, 15) is 0 Å². The molecule has 0 atom stereocenters. The van der Waals surface area contributed by atoms with Crippen LogP contribution in [0, 0.1) is 5.92 Å². The summed E-state index contributed by atoms with van der Waals surface area (Å²) in [6, 6.07) is 0. The van der Waals surface area contributed by atoms with Gasteiger partial charge in [0.15, 0.2) is 5.82 Å². The first kappa shape index (κ1) is 18.8. The molecule has 0 spiro atoms. The lowest BCUT2D eigenvalue weighted by Crippen LogP contribution is -2.16. The van der Waals surface area contributed by atoms with Crippen LogP contribution in [-0.4, -0.2) is 39.2 Å². The Morgan fingerprint density at radius 2 is 2.12 bits per heavy atom. The standard InChI is InChI=1S/C19H30N6O/c1-4-26-12-18-23-17-6-8-20-7-5-16(17)19(24-18)22-10-15-9-21-13-25(15)11-14(2)3/h9,13-14,20H,4-8,10-12H2,1-3H3,(H,22,23,24). The average molecular weight is 358 g/mol. The fourth-order valence-corrected chi connectivity index (χ4v) is 3.23. The molecule has 0 aromatic carbocycles. The van der Waals surface area contributed by atoms with Crippen LogP contribution in [0.15, 0.2) is 12.5 Å². The van der Waals surface area contributed by atoms with Crippen molar-refractivity contribution in [2.75, 3.05) is 25.0 Å². The van der Waals surface area contributed by atoms with Crippen LogP contribution in [0.1, 0.15) is 43.5 Å². The third-order valence-electron chi connectivity index (χ3n) is 4.46. The Bertz CT molecular complexity index is 712. The van der Waals surface area contributed by atoms with Crippen molar-refractivity contribution >= 4 is 5.82 Å². The fraction of sp³-hybridized carbons (Fsp3) is 0.632. The van der Waals surface area contributed by atoms with Crippen molar-refractivity contribution < 1.29 is 4.74 Å². The highest BCUT2D eigenvalue weighted by atomic mass is 16.5. The van der Waals surface area contributed by atoms with Crippen LogP contribution in [0.2, 0.25) is 0 Å². The topological polar surface area (TPSA) is 76.9 Å².